The highest BCUT2D eigenvalue weighted by molar-refractivity contribution is 7.99. The van der Waals surface area contributed by atoms with Crippen LogP contribution >= 0.6 is 11.8 Å². The summed E-state index contributed by atoms with van der Waals surface area (Å²) in [6.07, 6.45) is 0. The van der Waals surface area contributed by atoms with Crippen LogP contribution in [0.1, 0.15) is 5.56 Å². The van der Waals surface area contributed by atoms with E-state index in [4.69, 9.17) is 4.42 Å². The molecule has 0 saturated carbocycles. The predicted molar refractivity (Wildman–Crippen MR) is 116 cm³/mol. The number of nitro benzene ring substituents is 1. The number of hydrogen-bond donors (Lipinski definition) is 2. The topological polar surface area (TPSA) is 131 Å². The van der Waals surface area contributed by atoms with Gasteiger partial charge in [-0.2, -0.15) is 0 Å². The van der Waals surface area contributed by atoms with Gasteiger partial charge in [-0.3, -0.25) is 14.9 Å². The van der Waals surface area contributed by atoms with Crippen LogP contribution in [-0.4, -0.2) is 31.9 Å². The lowest BCUT2D eigenvalue weighted by atomic mass is 10.1. The van der Waals surface area contributed by atoms with Crippen molar-refractivity contribution in [2.45, 2.75) is 12.1 Å². The van der Waals surface area contributed by atoms with Crippen molar-refractivity contribution in [1.29, 1.82) is 0 Å². The number of phenols is 1. The van der Waals surface area contributed by atoms with Gasteiger partial charge in [0.25, 0.3) is 16.8 Å². The van der Waals surface area contributed by atoms with E-state index in [9.17, 15) is 20.0 Å². The smallest absolute Gasteiger partial charge is 0.277 e. The van der Waals surface area contributed by atoms with Gasteiger partial charge in [0.05, 0.1) is 16.2 Å². The number of phenolic OH excluding ortho intramolecular Hbond substituents is 1. The molecule has 31 heavy (non-hydrogen) atoms. The molecule has 4 rings (SSSR count). The lowest BCUT2D eigenvalue weighted by Gasteiger charge is -2.05. The number of aryl methyl sites for hydroxylation is 1. The number of nitro groups is 1. The monoisotopic (exact) mass is 436 g/mol. The SMILES string of the molecule is Cc1ccc(NC(=O)CSc2nnc(-c3cc4ccccc4cc3O)o2)cc1[N+](=O)[O-]. The fourth-order valence-electron chi connectivity index (χ4n) is 2.98. The summed E-state index contributed by atoms with van der Waals surface area (Å²) in [5, 5.41) is 33.7. The second-order valence-electron chi connectivity index (χ2n) is 6.68. The van der Waals surface area contributed by atoms with Gasteiger partial charge < -0.3 is 14.8 Å². The van der Waals surface area contributed by atoms with E-state index >= 15 is 0 Å². The Kier molecular flexibility index (Phi) is 5.54. The Morgan fingerprint density at radius 1 is 1.16 bits per heavy atom. The quantitative estimate of drug-likeness (QED) is 0.256. The average molecular weight is 436 g/mol. The van der Waals surface area contributed by atoms with E-state index in [0.29, 0.717) is 16.8 Å². The summed E-state index contributed by atoms with van der Waals surface area (Å²) in [5.41, 5.74) is 1.17. The molecule has 10 heteroatoms. The van der Waals surface area contributed by atoms with Gasteiger partial charge in [0.1, 0.15) is 5.75 Å². The van der Waals surface area contributed by atoms with Crippen molar-refractivity contribution < 1.29 is 19.2 Å². The van der Waals surface area contributed by atoms with Gasteiger partial charge in [0.15, 0.2) is 0 Å². The molecule has 3 aromatic carbocycles. The van der Waals surface area contributed by atoms with Crippen molar-refractivity contribution in [2.75, 3.05) is 11.1 Å². The van der Waals surface area contributed by atoms with E-state index < -0.39 is 4.92 Å². The molecule has 2 N–H and O–H groups in total. The Hall–Kier alpha value is -3.92. The molecule has 1 amide bonds. The van der Waals surface area contributed by atoms with Crippen LogP contribution in [0.2, 0.25) is 0 Å². The number of hydrogen-bond acceptors (Lipinski definition) is 8. The van der Waals surface area contributed by atoms with Crippen LogP contribution in [0.5, 0.6) is 5.75 Å². The summed E-state index contributed by atoms with van der Waals surface area (Å²) in [7, 11) is 0. The summed E-state index contributed by atoms with van der Waals surface area (Å²) in [4.78, 5) is 22.7. The fourth-order valence-corrected chi connectivity index (χ4v) is 3.55. The second-order valence-corrected chi connectivity index (χ2v) is 7.61. The van der Waals surface area contributed by atoms with Crippen molar-refractivity contribution in [2.24, 2.45) is 0 Å². The number of carbonyl (C=O) groups is 1. The zero-order valence-corrected chi connectivity index (χ0v) is 17.0. The minimum atomic E-state index is -0.498. The van der Waals surface area contributed by atoms with Crippen LogP contribution in [0.4, 0.5) is 11.4 Å². The Bertz CT molecular complexity index is 1300. The third-order valence-corrected chi connectivity index (χ3v) is 5.34. The molecule has 0 radical (unpaired) electrons. The third-order valence-electron chi connectivity index (χ3n) is 4.52. The van der Waals surface area contributed by atoms with E-state index in [2.05, 4.69) is 15.5 Å². The molecule has 0 aliphatic rings. The summed E-state index contributed by atoms with van der Waals surface area (Å²) < 4.78 is 5.58. The number of anilines is 1. The number of nitrogens with one attached hydrogen (secondary N) is 1. The molecule has 0 bridgehead atoms. The molecule has 0 saturated heterocycles. The van der Waals surface area contributed by atoms with E-state index in [0.717, 1.165) is 22.5 Å². The second kappa shape index (κ2) is 8.44. The predicted octanol–water partition coefficient (Wildman–Crippen LogP) is 4.54. The van der Waals surface area contributed by atoms with E-state index in [1.54, 1.807) is 31.2 Å². The highest BCUT2D eigenvalue weighted by Crippen LogP contribution is 2.33. The van der Waals surface area contributed by atoms with Crippen LogP contribution in [-0.2, 0) is 4.79 Å². The van der Waals surface area contributed by atoms with E-state index in [-0.39, 0.29) is 34.2 Å². The van der Waals surface area contributed by atoms with E-state index in [1.165, 1.54) is 6.07 Å². The molecule has 1 heterocycles. The first-order chi connectivity index (χ1) is 14.9. The van der Waals surface area contributed by atoms with Crippen LogP contribution in [0.25, 0.3) is 22.2 Å². The minimum Gasteiger partial charge on any atom is -0.507 e. The zero-order chi connectivity index (χ0) is 22.0. The number of aromatic nitrogens is 2. The van der Waals surface area contributed by atoms with E-state index in [1.807, 2.05) is 24.3 Å². The molecule has 1 aromatic heterocycles. The molecular weight excluding hydrogens is 420 g/mol. The zero-order valence-electron chi connectivity index (χ0n) is 16.2. The number of nitrogens with zero attached hydrogens (tertiary/aromatic N) is 3. The van der Waals surface area contributed by atoms with Gasteiger partial charge in [-0.25, -0.2) is 0 Å². The molecule has 0 unspecified atom stereocenters. The van der Waals surface area contributed by atoms with Crippen molar-refractivity contribution in [3.63, 3.8) is 0 Å². The Balaban J connectivity index is 1.43. The largest absolute Gasteiger partial charge is 0.507 e. The molecule has 0 atom stereocenters. The van der Waals surface area contributed by atoms with Gasteiger partial charge in [-0.05, 0) is 35.9 Å². The number of thioether (sulfide) groups is 1. The lowest BCUT2D eigenvalue weighted by Crippen LogP contribution is -2.14. The molecule has 156 valence electrons. The Morgan fingerprint density at radius 2 is 1.90 bits per heavy atom. The Labute approximate surface area is 180 Å². The third kappa shape index (κ3) is 4.48. The maximum absolute atomic E-state index is 12.2. The molecule has 4 aromatic rings. The molecule has 0 aliphatic heterocycles. The number of amides is 1. The molecule has 0 fully saturated rings. The number of carbonyl (C=O) groups excluding carboxylic acids is 1. The summed E-state index contributed by atoms with van der Waals surface area (Å²) in [6, 6.07) is 15.4. The molecule has 0 spiro atoms. The number of rotatable bonds is 6. The lowest BCUT2D eigenvalue weighted by molar-refractivity contribution is -0.385. The summed E-state index contributed by atoms with van der Waals surface area (Å²) >= 11 is 1.02. The standard InChI is InChI=1S/C21H16N4O5S/c1-12-6-7-15(10-17(12)25(28)29)22-19(27)11-31-21-24-23-20(30-21)16-8-13-4-2-3-5-14(13)9-18(16)26/h2-10,26H,11H2,1H3,(H,22,27). The number of fused-ring (bicyclic) bond motifs is 1. The van der Waals surface area contributed by atoms with Crippen molar-refractivity contribution in [3.05, 3.63) is 70.3 Å². The minimum absolute atomic E-state index is 0.0117. The highest BCUT2D eigenvalue weighted by Gasteiger charge is 2.16. The van der Waals surface area contributed by atoms with Crippen LogP contribution in [0.3, 0.4) is 0 Å². The number of benzene rings is 3. The normalized spacial score (nSPS) is 10.9. The maximum atomic E-state index is 12.2. The highest BCUT2D eigenvalue weighted by atomic mass is 32.2. The first kappa shape index (κ1) is 20.4. The summed E-state index contributed by atoms with van der Waals surface area (Å²) in [5.74, 6) is -0.262. The van der Waals surface area contributed by atoms with Gasteiger partial charge in [-0.15, -0.1) is 10.2 Å². The van der Waals surface area contributed by atoms with Crippen LogP contribution in [0.15, 0.2) is 64.2 Å². The van der Waals surface area contributed by atoms with Gasteiger partial charge in [0.2, 0.25) is 5.91 Å². The van der Waals surface area contributed by atoms with Crippen molar-refractivity contribution >= 4 is 39.8 Å². The van der Waals surface area contributed by atoms with Crippen molar-refractivity contribution in [1.82, 2.24) is 10.2 Å². The number of aromatic hydroxyl groups is 1. The van der Waals surface area contributed by atoms with Crippen molar-refractivity contribution in [3.8, 4) is 17.2 Å². The molecule has 9 nitrogen and oxygen atoms in total. The first-order valence-corrected chi connectivity index (χ1v) is 10.1. The molecule has 0 aliphatic carbocycles. The van der Waals surface area contributed by atoms with Crippen LogP contribution in [0, 0.1) is 17.0 Å². The van der Waals surface area contributed by atoms with Crippen LogP contribution < -0.4 is 5.32 Å². The average Bonchev–Trinajstić information content (AvgIpc) is 3.22. The summed E-state index contributed by atoms with van der Waals surface area (Å²) in [6.45, 7) is 1.63. The van der Waals surface area contributed by atoms with Gasteiger partial charge in [0, 0.05) is 17.3 Å². The Morgan fingerprint density at radius 3 is 2.65 bits per heavy atom. The first-order valence-electron chi connectivity index (χ1n) is 9.14. The molecular formula is C21H16N4O5S. The van der Waals surface area contributed by atoms with Gasteiger partial charge >= 0.3 is 0 Å². The maximum Gasteiger partial charge on any atom is 0.277 e. The fraction of sp³-hybridized carbons (Fsp3) is 0.0952. The van der Waals surface area contributed by atoms with Gasteiger partial charge in [-0.1, -0.05) is 42.1 Å².